The predicted octanol–water partition coefficient (Wildman–Crippen LogP) is 2.28. The number of piperazine rings is 2. The molecule has 0 bridgehead atoms. The molecule has 1 aromatic heterocycles. The summed E-state index contributed by atoms with van der Waals surface area (Å²) in [5, 5.41) is 29.5. The van der Waals surface area contributed by atoms with Crippen LogP contribution in [-0.4, -0.2) is 148 Å². The van der Waals surface area contributed by atoms with Crippen molar-refractivity contribution in [2.75, 3.05) is 73.0 Å². The van der Waals surface area contributed by atoms with Crippen LogP contribution in [0.2, 0.25) is 0 Å². The van der Waals surface area contributed by atoms with Gasteiger partial charge in [0.05, 0.1) is 11.5 Å². The van der Waals surface area contributed by atoms with Gasteiger partial charge in [-0.1, -0.05) is 18.7 Å². The van der Waals surface area contributed by atoms with Crippen LogP contribution in [0.1, 0.15) is 75.0 Å². The van der Waals surface area contributed by atoms with E-state index < -0.39 is 5.41 Å². The van der Waals surface area contributed by atoms with Crippen molar-refractivity contribution in [2.24, 2.45) is 5.92 Å². The van der Waals surface area contributed by atoms with Crippen LogP contribution in [0.4, 0.5) is 0 Å². The molecule has 2 aliphatic carbocycles. The quantitative estimate of drug-likeness (QED) is 0.339. The van der Waals surface area contributed by atoms with Gasteiger partial charge in [-0.15, -0.1) is 5.10 Å². The van der Waals surface area contributed by atoms with E-state index in [0.29, 0.717) is 80.9 Å². The van der Waals surface area contributed by atoms with Crippen LogP contribution in [0.3, 0.4) is 0 Å². The molecular formula is C40H51N11O2. The Hall–Kier alpha value is -4.64. The van der Waals surface area contributed by atoms with Gasteiger partial charge in [0, 0.05) is 87.8 Å². The minimum absolute atomic E-state index is 0.0351. The molecule has 2 amide bonds. The summed E-state index contributed by atoms with van der Waals surface area (Å²) >= 11 is 0. The van der Waals surface area contributed by atoms with E-state index in [9.17, 15) is 14.9 Å². The van der Waals surface area contributed by atoms with Gasteiger partial charge in [0.25, 0.3) is 11.8 Å². The molecule has 3 saturated heterocycles. The first kappa shape index (κ1) is 35.4. The Morgan fingerprint density at radius 2 is 1.49 bits per heavy atom. The van der Waals surface area contributed by atoms with E-state index in [1.54, 1.807) is 0 Å². The van der Waals surface area contributed by atoms with Gasteiger partial charge < -0.3 is 29.8 Å². The molecule has 1 saturated carbocycles. The molecule has 53 heavy (non-hydrogen) atoms. The van der Waals surface area contributed by atoms with E-state index in [0.717, 1.165) is 67.0 Å². The third-order valence-electron chi connectivity index (χ3n) is 12.5. The van der Waals surface area contributed by atoms with Crippen LogP contribution in [0, 0.1) is 17.2 Å². The van der Waals surface area contributed by atoms with Crippen molar-refractivity contribution >= 4 is 11.8 Å². The largest absolute Gasteiger partial charge is 0.355 e. The molecule has 278 valence electrons. The first-order valence-electron chi connectivity index (χ1n) is 19.2. The zero-order valence-electron chi connectivity index (χ0n) is 31.2. The number of amides is 2. The number of carbonyl (C=O) groups excluding carboxylic acids is 2. The highest BCUT2D eigenvalue weighted by Gasteiger charge is 2.52. The highest BCUT2D eigenvalue weighted by Crippen LogP contribution is 2.50. The molecule has 1 unspecified atom stereocenters. The highest BCUT2D eigenvalue weighted by molar-refractivity contribution is 5.95. The Morgan fingerprint density at radius 3 is 2.00 bits per heavy atom. The number of hydrogen-bond donors (Lipinski definition) is 2. The molecule has 2 aromatic carbocycles. The van der Waals surface area contributed by atoms with Crippen LogP contribution >= 0.6 is 0 Å². The molecule has 8 rings (SSSR count). The van der Waals surface area contributed by atoms with Crippen molar-refractivity contribution < 1.29 is 9.59 Å². The van der Waals surface area contributed by atoms with Crippen molar-refractivity contribution in [3.63, 3.8) is 0 Å². The number of likely N-dealkylation sites (tertiary alicyclic amines) is 1. The van der Waals surface area contributed by atoms with E-state index in [4.69, 9.17) is 0 Å². The van der Waals surface area contributed by atoms with Crippen LogP contribution < -0.4 is 5.32 Å². The third-order valence-corrected chi connectivity index (χ3v) is 12.5. The van der Waals surface area contributed by atoms with Gasteiger partial charge in [-0.3, -0.25) is 9.59 Å². The SMILES string of the molecule is C=C(CN[C@@H](C)CC1(c2nnn[nH]2)c2ccc(C(=O)N3CCN(C)CC3)cc2CCc2cc(C(=O)N3CCN(C)CC3)ccc21)N1C(C#N)C[C@@H]2C[C@@H]21. The number of benzene rings is 2. The standard InChI is InChI=1S/C40H51N11O2/c1-26(42-25-27(2)51-33(24-41)21-32-22-36(32)51)23-40(39-43-45-46-44-39)34-9-7-30(37(52)49-15-11-47(3)12-16-49)19-28(34)5-6-29-20-31(8-10-35(29)40)38(53)50-17-13-48(4)14-18-50/h7-10,19-20,26,32-33,36,42H,2,5-6,11-18,21-23,25H2,1,3-4H3,(H,43,44,45,46)/t26-,32+,33?,36-/m0/s1. The highest BCUT2D eigenvalue weighted by atomic mass is 16.2. The van der Waals surface area contributed by atoms with Gasteiger partial charge in [-0.25, -0.2) is 5.10 Å². The Bertz CT molecular complexity index is 1820. The molecule has 2 N–H and O–H groups in total. The number of nitrogens with zero attached hydrogens (tertiary/aromatic N) is 9. The molecule has 4 heterocycles. The number of nitrogens with one attached hydrogen (secondary N) is 2. The summed E-state index contributed by atoms with van der Waals surface area (Å²) in [6, 6.07) is 15.1. The number of rotatable bonds is 9. The third kappa shape index (κ3) is 6.62. The van der Waals surface area contributed by atoms with Crippen molar-refractivity contribution in [1.82, 2.24) is 50.4 Å². The number of tetrazole rings is 1. The summed E-state index contributed by atoms with van der Waals surface area (Å²) in [5.74, 6) is 1.34. The number of nitriles is 1. The lowest BCUT2D eigenvalue weighted by Gasteiger charge is -2.37. The molecule has 4 fully saturated rings. The summed E-state index contributed by atoms with van der Waals surface area (Å²) in [7, 11) is 4.18. The smallest absolute Gasteiger partial charge is 0.253 e. The second kappa shape index (κ2) is 14.3. The van der Waals surface area contributed by atoms with Crippen LogP contribution in [0.5, 0.6) is 0 Å². The second-order valence-electron chi connectivity index (χ2n) is 16.0. The normalized spacial score (nSPS) is 24.4. The zero-order chi connectivity index (χ0) is 36.9. The Kier molecular flexibility index (Phi) is 9.55. The molecule has 3 aromatic rings. The fourth-order valence-corrected chi connectivity index (χ4v) is 9.35. The van der Waals surface area contributed by atoms with E-state index in [1.807, 2.05) is 21.9 Å². The molecule has 5 aliphatic rings. The molecule has 4 atom stereocenters. The number of hydrogen-bond acceptors (Lipinski definition) is 10. The second-order valence-corrected chi connectivity index (χ2v) is 16.0. The van der Waals surface area contributed by atoms with Gasteiger partial charge in [-0.2, -0.15) is 5.26 Å². The Labute approximate surface area is 312 Å². The maximum absolute atomic E-state index is 13.9. The number of carbonyl (C=O) groups is 2. The lowest BCUT2D eigenvalue weighted by atomic mass is 9.67. The van der Waals surface area contributed by atoms with E-state index >= 15 is 0 Å². The van der Waals surface area contributed by atoms with Gasteiger partial charge in [0.15, 0.2) is 5.82 Å². The van der Waals surface area contributed by atoms with E-state index in [-0.39, 0.29) is 23.9 Å². The Balaban J connectivity index is 1.16. The average Bonchev–Trinajstić information content (AvgIpc) is 3.55. The lowest BCUT2D eigenvalue weighted by Crippen LogP contribution is -2.47. The number of aromatic nitrogens is 4. The van der Waals surface area contributed by atoms with Crippen LogP contribution in [-0.2, 0) is 18.3 Å². The summed E-state index contributed by atoms with van der Waals surface area (Å²) in [6.07, 6.45) is 4.06. The van der Waals surface area contributed by atoms with Gasteiger partial charge in [0.2, 0.25) is 0 Å². The fraction of sp³-hybridized carbons (Fsp3) is 0.550. The topological polar surface area (TPSA) is 141 Å². The fourth-order valence-electron chi connectivity index (χ4n) is 9.35. The summed E-state index contributed by atoms with van der Waals surface area (Å²) < 4.78 is 0. The average molecular weight is 718 g/mol. The zero-order valence-corrected chi connectivity index (χ0v) is 31.2. The molecular weight excluding hydrogens is 667 g/mol. The maximum atomic E-state index is 13.9. The van der Waals surface area contributed by atoms with E-state index in [1.165, 1.54) is 0 Å². The first-order chi connectivity index (χ1) is 25.7. The first-order valence-corrected chi connectivity index (χ1v) is 19.2. The number of aryl methyl sites for hydroxylation is 2. The number of aromatic amines is 1. The monoisotopic (exact) mass is 717 g/mol. The number of piperidine rings is 1. The van der Waals surface area contributed by atoms with Crippen molar-refractivity contribution in [2.45, 2.75) is 62.6 Å². The summed E-state index contributed by atoms with van der Waals surface area (Å²) in [4.78, 5) is 38.4. The van der Waals surface area contributed by atoms with Gasteiger partial charge in [-0.05, 0) is 116 Å². The summed E-state index contributed by atoms with van der Waals surface area (Å²) in [6.45, 7) is 13.4. The summed E-state index contributed by atoms with van der Waals surface area (Å²) in [5.41, 5.74) is 5.78. The van der Waals surface area contributed by atoms with Crippen LogP contribution in [0.25, 0.3) is 0 Å². The minimum Gasteiger partial charge on any atom is -0.355 e. The van der Waals surface area contributed by atoms with Crippen LogP contribution in [0.15, 0.2) is 48.7 Å². The molecule has 13 heteroatoms. The Morgan fingerprint density at radius 1 is 0.925 bits per heavy atom. The molecule has 13 nitrogen and oxygen atoms in total. The predicted molar refractivity (Wildman–Crippen MR) is 200 cm³/mol. The molecule has 0 radical (unpaired) electrons. The van der Waals surface area contributed by atoms with Crippen molar-refractivity contribution in [3.8, 4) is 6.07 Å². The number of fused-ring (bicyclic) bond motifs is 3. The lowest BCUT2D eigenvalue weighted by molar-refractivity contribution is 0.0657. The molecule has 0 spiro atoms. The van der Waals surface area contributed by atoms with E-state index in [2.05, 4.69) is 98.6 Å². The van der Waals surface area contributed by atoms with Crippen molar-refractivity contribution in [1.29, 1.82) is 5.26 Å². The van der Waals surface area contributed by atoms with Gasteiger partial charge >= 0.3 is 0 Å². The van der Waals surface area contributed by atoms with Crippen molar-refractivity contribution in [3.05, 3.63) is 87.9 Å². The maximum Gasteiger partial charge on any atom is 0.253 e. The number of likely N-dealkylation sites (N-methyl/N-ethyl adjacent to an activating group) is 2. The minimum atomic E-state index is -0.812. The number of H-pyrrole nitrogens is 1. The molecule has 3 aliphatic heterocycles. The van der Waals surface area contributed by atoms with Gasteiger partial charge in [0.1, 0.15) is 6.04 Å².